The van der Waals surface area contributed by atoms with Crippen molar-refractivity contribution in [2.24, 2.45) is 0 Å². The Hall–Kier alpha value is 0.550. The summed E-state index contributed by atoms with van der Waals surface area (Å²) in [6, 6.07) is 0. The molecule has 0 N–H and O–H groups in total. The van der Waals surface area contributed by atoms with E-state index in [0.29, 0.717) is 0 Å². The van der Waals surface area contributed by atoms with Gasteiger partial charge in [-0.05, 0) is 32.4 Å². The molecule has 0 aromatic heterocycles. The van der Waals surface area contributed by atoms with E-state index in [1.54, 1.807) is 0 Å². The van der Waals surface area contributed by atoms with Crippen LogP contribution in [0.15, 0.2) is 0 Å². The van der Waals surface area contributed by atoms with Crippen molar-refractivity contribution < 1.29 is 4.57 Å². The lowest BCUT2D eigenvalue weighted by Crippen LogP contribution is -2.42. The maximum atomic E-state index is 13.5. The molecule has 0 aromatic rings. The van der Waals surface area contributed by atoms with Crippen molar-refractivity contribution in [3.63, 3.8) is 0 Å². The van der Waals surface area contributed by atoms with E-state index < -0.39 is 7.59 Å². The van der Waals surface area contributed by atoms with Gasteiger partial charge in [0.25, 0.3) is 7.59 Å². The first-order valence-electron chi connectivity index (χ1n) is 7.90. The third kappa shape index (κ3) is 2.88. The minimum atomic E-state index is -2.38. The number of hydrogen-bond donors (Lipinski definition) is 0. The Morgan fingerprint density at radius 2 is 1.35 bits per heavy atom. The van der Waals surface area contributed by atoms with E-state index in [0.717, 1.165) is 70.7 Å². The van der Waals surface area contributed by atoms with Gasteiger partial charge in [-0.25, -0.2) is 14.0 Å². The first-order valence-corrected chi connectivity index (χ1v) is 10.6. The second kappa shape index (κ2) is 6.76. The van der Waals surface area contributed by atoms with E-state index in [-0.39, 0.29) is 0 Å². The summed E-state index contributed by atoms with van der Waals surface area (Å²) in [5.41, 5.74) is 0. The number of alkyl halides is 1. The molecule has 3 rings (SSSR count). The van der Waals surface area contributed by atoms with Crippen molar-refractivity contribution >= 4 is 23.5 Å². The highest BCUT2D eigenvalue weighted by molar-refractivity contribution is 9.09. The van der Waals surface area contributed by atoms with Crippen LogP contribution in [0.25, 0.3) is 0 Å². The molecule has 3 aliphatic heterocycles. The predicted octanol–water partition coefficient (Wildman–Crippen LogP) is 1.91. The summed E-state index contributed by atoms with van der Waals surface area (Å²) in [6.45, 7) is 9.37. The topological polar surface area (TPSA) is 30.0 Å². The third-order valence-electron chi connectivity index (χ3n) is 4.73. The Balaban J connectivity index is 1.72. The Kier molecular flexibility index (Phi) is 5.22. The molecule has 3 fully saturated rings. The molecule has 5 nitrogen and oxygen atoms in total. The lowest BCUT2D eigenvalue weighted by Gasteiger charge is -2.42. The zero-order valence-corrected chi connectivity index (χ0v) is 14.7. The highest BCUT2D eigenvalue weighted by Gasteiger charge is 2.49. The molecule has 3 aliphatic rings. The van der Waals surface area contributed by atoms with Gasteiger partial charge in [0, 0.05) is 51.1 Å². The summed E-state index contributed by atoms with van der Waals surface area (Å²) in [6.07, 6.45) is 3.51. The molecule has 0 bridgehead atoms. The minimum absolute atomic E-state index is 0.965. The van der Waals surface area contributed by atoms with Gasteiger partial charge in [-0.2, -0.15) is 0 Å². The van der Waals surface area contributed by atoms with Gasteiger partial charge in [-0.1, -0.05) is 15.9 Å². The first-order chi connectivity index (χ1) is 9.75. The molecular formula is C13H26BrN4OP. The number of nitrogens with zero attached hydrogens (tertiary/aromatic N) is 4. The van der Waals surface area contributed by atoms with E-state index in [9.17, 15) is 4.57 Å². The zero-order valence-electron chi connectivity index (χ0n) is 12.2. The van der Waals surface area contributed by atoms with Crippen molar-refractivity contribution in [3.05, 3.63) is 0 Å². The Bertz CT molecular complexity index is 383. The molecule has 0 aliphatic carbocycles. The minimum Gasteiger partial charge on any atom is -0.302 e. The van der Waals surface area contributed by atoms with E-state index in [4.69, 9.17) is 0 Å². The number of hydrogen-bond acceptors (Lipinski definition) is 2. The zero-order chi connectivity index (χ0) is 14.0. The SMILES string of the molecule is O=P12N3CCCN1CCN2CCCN(CCCBr)CC3. The van der Waals surface area contributed by atoms with E-state index >= 15 is 0 Å². The van der Waals surface area contributed by atoms with Crippen LogP contribution in [0.1, 0.15) is 19.3 Å². The molecule has 20 heavy (non-hydrogen) atoms. The second-order valence-electron chi connectivity index (χ2n) is 5.97. The standard InChI is InChI=1S/C13H26BrN4OP/c14-4-1-5-15-6-2-7-17-12-13-18-9-3-8-16(11-10-15)20(17,18)19/h1-13H2. The summed E-state index contributed by atoms with van der Waals surface area (Å²) in [4.78, 5) is 2.55. The van der Waals surface area contributed by atoms with E-state index in [1.165, 1.54) is 12.8 Å². The van der Waals surface area contributed by atoms with Crippen LogP contribution < -0.4 is 0 Å². The lowest BCUT2D eigenvalue weighted by atomic mass is 10.3. The Morgan fingerprint density at radius 1 is 0.800 bits per heavy atom. The Labute approximate surface area is 130 Å². The van der Waals surface area contributed by atoms with Gasteiger partial charge in [-0.3, -0.25) is 4.57 Å². The average molecular weight is 365 g/mol. The first kappa shape index (κ1) is 15.4. The highest BCUT2D eigenvalue weighted by atomic mass is 79.9. The van der Waals surface area contributed by atoms with Crippen molar-refractivity contribution in [1.29, 1.82) is 0 Å². The van der Waals surface area contributed by atoms with Crippen LogP contribution in [0.5, 0.6) is 0 Å². The predicted molar refractivity (Wildman–Crippen MR) is 86.4 cm³/mol. The van der Waals surface area contributed by atoms with Gasteiger partial charge in [0.2, 0.25) is 0 Å². The van der Waals surface area contributed by atoms with Crippen LogP contribution in [0, 0.1) is 0 Å². The molecule has 3 saturated heterocycles. The molecule has 0 aromatic carbocycles. The van der Waals surface area contributed by atoms with Crippen molar-refractivity contribution in [2.75, 3.05) is 64.2 Å². The summed E-state index contributed by atoms with van der Waals surface area (Å²) in [7, 11) is -2.38. The van der Waals surface area contributed by atoms with Gasteiger partial charge in [0.05, 0.1) is 0 Å². The highest BCUT2D eigenvalue weighted by Crippen LogP contribution is 2.61. The largest absolute Gasteiger partial charge is 0.302 e. The summed E-state index contributed by atoms with van der Waals surface area (Å²) in [5.74, 6) is 0. The van der Waals surface area contributed by atoms with Crippen LogP contribution in [0.3, 0.4) is 0 Å². The fourth-order valence-corrected chi connectivity index (χ4v) is 7.25. The smallest absolute Gasteiger partial charge is 0.287 e. The van der Waals surface area contributed by atoms with Gasteiger partial charge in [0.15, 0.2) is 0 Å². The fraction of sp³-hybridized carbons (Fsp3) is 1.00. The quantitative estimate of drug-likeness (QED) is 0.563. The summed E-state index contributed by atoms with van der Waals surface area (Å²) in [5, 5.41) is 1.08. The summed E-state index contributed by atoms with van der Waals surface area (Å²) >= 11 is 3.52. The van der Waals surface area contributed by atoms with Crippen LogP contribution in [-0.2, 0) is 4.57 Å². The molecule has 116 valence electrons. The molecular weight excluding hydrogens is 339 g/mol. The van der Waals surface area contributed by atoms with Crippen LogP contribution in [0.4, 0.5) is 0 Å². The van der Waals surface area contributed by atoms with Crippen LogP contribution >= 0.6 is 23.5 Å². The van der Waals surface area contributed by atoms with Crippen molar-refractivity contribution in [1.82, 2.24) is 18.9 Å². The maximum absolute atomic E-state index is 13.5. The second-order valence-corrected chi connectivity index (χ2v) is 9.48. The monoisotopic (exact) mass is 364 g/mol. The number of halogens is 1. The molecule has 1 unspecified atom stereocenters. The average Bonchev–Trinajstić information content (AvgIpc) is 2.81. The van der Waals surface area contributed by atoms with E-state index in [1.807, 2.05) is 0 Å². The molecule has 0 radical (unpaired) electrons. The van der Waals surface area contributed by atoms with Crippen molar-refractivity contribution in [2.45, 2.75) is 19.3 Å². The molecule has 1 atom stereocenters. The van der Waals surface area contributed by atoms with Crippen molar-refractivity contribution in [3.8, 4) is 0 Å². The normalized spacial score (nSPS) is 34.5. The van der Waals surface area contributed by atoms with Crippen LogP contribution in [0.2, 0.25) is 0 Å². The fourth-order valence-electron chi connectivity index (χ4n) is 3.67. The van der Waals surface area contributed by atoms with E-state index in [2.05, 4.69) is 34.8 Å². The van der Waals surface area contributed by atoms with Crippen LogP contribution in [-0.4, -0.2) is 83.1 Å². The molecule has 0 saturated carbocycles. The molecule has 0 spiro atoms. The van der Waals surface area contributed by atoms with Gasteiger partial charge >= 0.3 is 0 Å². The summed E-state index contributed by atoms with van der Waals surface area (Å²) < 4.78 is 20.4. The van der Waals surface area contributed by atoms with Gasteiger partial charge in [-0.15, -0.1) is 0 Å². The Morgan fingerprint density at radius 3 is 1.95 bits per heavy atom. The molecule has 3 heterocycles. The lowest BCUT2D eigenvalue weighted by molar-refractivity contribution is 0.234. The maximum Gasteiger partial charge on any atom is 0.287 e. The third-order valence-corrected chi connectivity index (χ3v) is 8.70. The van der Waals surface area contributed by atoms with Gasteiger partial charge in [0.1, 0.15) is 0 Å². The number of rotatable bonds is 3. The van der Waals surface area contributed by atoms with Gasteiger partial charge < -0.3 is 4.90 Å². The molecule has 7 heteroatoms. The molecule has 0 amide bonds.